The number of aliphatic hydroxyl groups excluding tert-OH is 1. The number of carbonyl (C=O) groups excluding carboxylic acids is 1. The summed E-state index contributed by atoms with van der Waals surface area (Å²) in [6.07, 6.45) is 0. The standard InChI is InChI=1S/C12H18N2O3/c1-13-9-12(16)14-8-10-4-2-3-5-11(10)17-7-6-15/h2-5,13,15H,6-9H2,1H3,(H,14,16). The number of likely N-dealkylation sites (N-methyl/N-ethyl adjacent to an activating group) is 1. The molecule has 1 aromatic carbocycles. The Labute approximate surface area is 101 Å². The van der Waals surface area contributed by atoms with Gasteiger partial charge in [-0.15, -0.1) is 0 Å². The van der Waals surface area contributed by atoms with Crippen LogP contribution >= 0.6 is 0 Å². The average Bonchev–Trinajstić information content (AvgIpc) is 2.35. The Hall–Kier alpha value is -1.59. The van der Waals surface area contributed by atoms with Gasteiger partial charge in [0, 0.05) is 12.1 Å². The third-order valence-corrected chi connectivity index (χ3v) is 2.13. The van der Waals surface area contributed by atoms with E-state index >= 15 is 0 Å². The quantitative estimate of drug-likeness (QED) is 0.620. The fourth-order valence-corrected chi connectivity index (χ4v) is 1.36. The van der Waals surface area contributed by atoms with Crippen LogP contribution < -0.4 is 15.4 Å². The van der Waals surface area contributed by atoms with E-state index in [0.29, 0.717) is 18.8 Å². The molecule has 5 heteroatoms. The van der Waals surface area contributed by atoms with Crippen molar-refractivity contribution in [1.82, 2.24) is 10.6 Å². The summed E-state index contributed by atoms with van der Waals surface area (Å²) in [6, 6.07) is 7.43. The topological polar surface area (TPSA) is 70.6 Å². The van der Waals surface area contributed by atoms with Gasteiger partial charge in [0.2, 0.25) is 5.91 Å². The number of aliphatic hydroxyl groups is 1. The van der Waals surface area contributed by atoms with Crippen LogP contribution in [0.15, 0.2) is 24.3 Å². The lowest BCUT2D eigenvalue weighted by Gasteiger charge is -2.11. The zero-order valence-corrected chi connectivity index (χ0v) is 9.90. The first-order valence-electron chi connectivity index (χ1n) is 5.50. The number of nitrogens with one attached hydrogen (secondary N) is 2. The van der Waals surface area contributed by atoms with Crippen molar-refractivity contribution in [1.29, 1.82) is 0 Å². The van der Waals surface area contributed by atoms with Gasteiger partial charge in [-0.05, 0) is 13.1 Å². The molecular weight excluding hydrogens is 220 g/mol. The lowest BCUT2D eigenvalue weighted by atomic mass is 10.2. The lowest BCUT2D eigenvalue weighted by molar-refractivity contribution is -0.120. The number of hydrogen-bond acceptors (Lipinski definition) is 4. The number of carbonyl (C=O) groups is 1. The lowest BCUT2D eigenvalue weighted by Crippen LogP contribution is -2.31. The molecule has 0 bridgehead atoms. The zero-order chi connectivity index (χ0) is 12.5. The molecule has 1 rings (SSSR count). The van der Waals surface area contributed by atoms with Gasteiger partial charge in [0.25, 0.3) is 0 Å². The van der Waals surface area contributed by atoms with E-state index in [1.165, 1.54) is 0 Å². The number of benzene rings is 1. The van der Waals surface area contributed by atoms with E-state index in [-0.39, 0.29) is 19.1 Å². The van der Waals surface area contributed by atoms with Gasteiger partial charge in [0.15, 0.2) is 0 Å². The van der Waals surface area contributed by atoms with E-state index in [9.17, 15) is 4.79 Å². The van der Waals surface area contributed by atoms with Crippen LogP contribution in [0.3, 0.4) is 0 Å². The average molecular weight is 238 g/mol. The van der Waals surface area contributed by atoms with Gasteiger partial charge < -0.3 is 20.5 Å². The number of amides is 1. The summed E-state index contributed by atoms with van der Waals surface area (Å²) in [5.41, 5.74) is 0.894. The summed E-state index contributed by atoms with van der Waals surface area (Å²) in [5.74, 6) is 0.621. The predicted octanol–water partition coefficient (Wildman–Crippen LogP) is -0.107. The fraction of sp³-hybridized carbons (Fsp3) is 0.417. The molecule has 0 aliphatic rings. The van der Waals surface area contributed by atoms with E-state index in [2.05, 4.69) is 10.6 Å². The van der Waals surface area contributed by atoms with E-state index in [4.69, 9.17) is 9.84 Å². The van der Waals surface area contributed by atoms with Gasteiger partial charge in [-0.1, -0.05) is 18.2 Å². The largest absolute Gasteiger partial charge is 0.491 e. The van der Waals surface area contributed by atoms with Gasteiger partial charge in [0.05, 0.1) is 13.2 Å². The molecule has 0 spiro atoms. The predicted molar refractivity (Wildman–Crippen MR) is 64.8 cm³/mol. The Bertz CT molecular complexity index is 355. The molecule has 1 amide bonds. The normalized spacial score (nSPS) is 10.0. The fourth-order valence-electron chi connectivity index (χ4n) is 1.36. The third-order valence-electron chi connectivity index (χ3n) is 2.13. The second-order valence-corrected chi connectivity index (χ2v) is 3.49. The first-order valence-corrected chi connectivity index (χ1v) is 5.50. The van der Waals surface area contributed by atoms with Crippen molar-refractivity contribution in [3.63, 3.8) is 0 Å². The van der Waals surface area contributed by atoms with Gasteiger partial charge in [0.1, 0.15) is 12.4 Å². The van der Waals surface area contributed by atoms with Crippen LogP contribution in [0.1, 0.15) is 5.56 Å². The molecular formula is C12H18N2O3. The molecule has 0 saturated carbocycles. The van der Waals surface area contributed by atoms with E-state index in [0.717, 1.165) is 5.56 Å². The van der Waals surface area contributed by atoms with Crippen molar-refractivity contribution in [2.24, 2.45) is 0 Å². The monoisotopic (exact) mass is 238 g/mol. The summed E-state index contributed by atoms with van der Waals surface area (Å²) in [6.45, 7) is 0.934. The zero-order valence-electron chi connectivity index (χ0n) is 9.90. The molecule has 3 N–H and O–H groups in total. The van der Waals surface area contributed by atoms with E-state index in [1.54, 1.807) is 7.05 Å². The summed E-state index contributed by atoms with van der Waals surface area (Å²) in [5, 5.41) is 14.3. The number of ether oxygens (including phenoxy) is 1. The Kier molecular flexibility index (Phi) is 6.06. The maximum absolute atomic E-state index is 11.3. The highest BCUT2D eigenvalue weighted by Crippen LogP contribution is 2.17. The van der Waals surface area contributed by atoms with Crippen LogP contribution in [0.5, 0.6) is 5.75 Å². The molecule has 0 aromatic heterocycles. The van der Waals surface area contributed by atoms with E-state index < -0.39 is 0 Å². The second-order valence-electron chi connectivity index (χ2n) is 3.49. The highest BCUT2D eigenvalue weighted by Gasteiger charge is 2.04. The van der Waals surface area contributed by atoms with Crippen LogP contribution in [-0.4, -0.2) is 37.8 Å². The smallest absolute Gasteiger partial charge is 0.234 e. The molecule has 0 unspecified atom stereocenters. The van der Waals surface area contributed by atoms with Crippen molar-refractivity contribution in [3.8, 4) is 5.75 Å². The van der Waals surface area contributed by atoms with Crippen LogP contribution in [0.2, 0.25) is 0 Å². The molecule has 0 aliphatic heterocycles. The number of para-hydroxylation sites is 1. The maximum Gasteiger partial charge on any atom is 0.234 e. The Morgan fingerprint density at radius 1 is 1.41 bits per heavy atom. The molecule has 0 heterocycles. The minimum absolute atomic E-state index is 0.0273. The van der Waals surface area contributed by atoms with Crippen LogP contribution in [0.25, 0.3) is 0 Å². The van der Waals surface area contributed by atoms with E-state index in [1.807, 2.05) is 24.3 Å². The highest BCUT2D eigenvalue weighted by atomic mass is 16.5. The molecule has 0 radical (unpaired) electrons. The van der Waals surface area contributed by atoms with Crippen molar-refractivity contribution < 1.29 is 14.6 Å². The summed E-state index contributed by atoms with van der Waals surface area (Å²) < 4.78 is 5.36. The second kappa shape index (κ2) is 7.65. The van der Waals surface area contributed by atoms with Gasteiger partial charge in [-0.25, -0.2) is 0 Å². The van der Waals surface area contributed by atoms with Gasteiger partial charge in [-0.2, -0.15) is 0 Å². The minimum Gasteiger partial charge on any atom is -0.491 e. The first kappa shape index (κ1) is 13.5. The molecule has 1 aromatic rings. The molecule has 94 valence electrons. The molecule has 0 saturated heterocycles. The Morgan fingerprint density at radius 2 is 2.18 bits per heavy atom. The molecule has 0 atom stereocenters. The van der Waals surface area contributed by atoms with Gasteiger partial charge >= 0.3 is 0 Å². The first-order chi connectivity index (χ1) is 8.27. The number of hydrogen-bond donors (Lipinski definition) is 3. The highest BCUT2D eigenvalue weighted by molar-refractivity contribution is 5.77. The third kappa shape index (κ3) is 4.84. The maximum atomic E-state index is 11.3. The Morgan fingerprint density at radius 3 is 2.88 bits per heavy atom. The van der Waals surface area contributed by atoms with Crippen molar-refractivity contribution in [2.75, 3.05) is 26.8 Å². The van der Waals surface area contributed by atoms with Crippen molar-refractivity contribution >= 4 is 5.91 Å². The van der Waals surface area contributed by atoms with Gasteiger partial charge in [-0.3, -0.25) is 4.79 Å². The molecule has 0 aliphatic carbocycles. The molecule has 0 fully saturated rings. The van der Waals surface area contributed by atoms with Crippen molar-refractivity contribution in [3.05, 3.63) is 29.8 Å². The molecule has 5 nitrogen and oxygen atoms in total. The summed E-state index contributed by atoms with van der Waals surface area (Å²) in [7, 11) is 1.72. The van der Waals surface area contributed by atoms with Crippen LogP contribution in [0, 0.1) is 0 Å². The van der Waals surface area contributed by atoms with Crippen LogP contribution in [-0.2, 0) is 11.3 Å². The summed E-state index contributed by atoms with van der Waals surface area (Å²) >= 11 is 0. The number of rotatable bonds is 7. The molecule has 17 heavy (non-hydrogen) atoms. The minimum atomic E-state index is -0.0653. The summed E-state index contributed by atoms with van der Waals surface area (Å²) in [4.78, 5) is 11.3. The van der Waals surface area contributed by atoms with Crippen LogP contribution in [0.4, 0.5) is 0 Å². The SMILES string of the molecule is CNCC(=O)NCc1ccccc1OCCO. The van der Waals surface area contributed by atoms with Crippen molar-refractivity contribution in [2.45, 2.75) is 6.54 Å². The Balaban J connectivity index is 2.54.